The van der Waals surface area contributed by atoms with Crippen LogP contribution in [0.4, 0.5) is 0 Å². The van der Waals surface area contributed by atoms with Crippen molar-refractivity contribution in [2.45, 2.75) is 73.0 Å². The Labute approximate surface area is 106 Å². The molecule has 0 rings (SSSR count). The molecule has 0 atom stereocenters. The highest BCUT2D eigenvalue weighted by molar-refractivity contribution is 5.81. The summed E-state index contributed by atoms with van der Waals surface area (Å²) in [7, 11) is 0. The lowest BCUT2D eigenvalue weighted by atomic mass is 9.88. The van der Waals surface area contributed by atoms with E-state index >= 15 is 0 Å². The molecule has 3 heteroatoms. The first-order valence-corrected chi connectivity index (χ1v) is 6.55. The van der Waals surface area contributed by atoms with Crippen LogP contribution < -0.4 is 5.32 Å². The van der Waals surface area contributed by atoms with Crippen molar-refractivity contribution in [3.63, 3.8) is 0 Å². The molecule has 0 radical (unpaired) electrons. The summed E-state index contributed by atoms with van der Waals surface area (Å²) >= 11 is 0. The summed E-state index contributed by atoms with van der Waals surface area (Å²) in [5, 5.41) is 2.95. The molecule has 1 N–H and O–H groups in total. The maximum Gasteiger partial charge on any atom is 0.225 e. The van der Waals surface area contributed by atoms with Gasteiger partial charge in [-0.2, -0.15) is 0 Å². The molecule has 3 nitrogen and oxygen atoms in total. The topological polar surface area (TPSA) is 38.3 Å². The average Bonchev–Trinajstić information content (AvgIpc) is 2.16. The number of hydrogen-bond donors (Lipinski definition) is 1. The van der Waals surface area contributed by atoms with Crippen LogP contribution in [0.1, 0.15) is 61.3 Å². The van der Waals surface area contributed by atoms with Crippen molar-refractivity contribution in [3.8, 4) is 0 Å². The Morgan fingerprint density at radius 2 is 1.76 bits per heavy atom. The predicted octanol–water partition coefficient (Wildman–Crippen LogP) is 3.13. The fourth-order valence-electron chi connectivity index (χ4n) is 1.26. The molecule has 0 aromatic heterocycles. The zero-order chi connectivity index (χ0) is 13.7. The van der Waals surface area contributed by atoms with Crippen LogP contribution in [0.5, 0.6) is 0 Å². The first-order chi connectivity index (χ1) is 7.60. The smallest absolute Gasteiger partial charge is 0.225 e. The summed E-state index contributed by atoms with van der Waals surface area (Å²) < 4.78 is 5.79. The van der Waals surface area contributed by atoms with Crippen LogP contribution in [-0.4, -0.2) is 24.2 Å². The largest absolute Gasteiger partial charge is 0.376 e. The normalized spacial score (nSPS) is 12.9. The van der Waals surface area contributed by atoms with Crippen LogP contribution >= 0.6 is 0 Å². The predicted molar refractivity (Wildman–Crippen MR) is 72.0 cm³/mol. The molecule has 0 saturated heterocycles. The Hall–Kier alpha value is -0.570. The van der Waals surface area contributed by atoms with Crippen LogP contribution in [0.25, 0.3) is 0 Å². The Morgan fingerprint density at radius 3 is 2.18 bits per heavy atom. The van der Waals surface area contributed by atoms with Crippen LogP contribution in [0, 0.1) is 5.41 Å². The Morgan fingerprint density at radius 1 is 1.24 bits per heavy atom. The SMILES string of the molecule is CCC(C)(C)OCCC(C)(C)C(=O)NC(C)C. The molecular weight excluding hydrogens is 214 g/mol. The third kappa shape index (κ3) is 6.67. The average molecular weight is 243 g/mol. The van der Waals surface area contributed by atoms with E-state index < -0.39 is 0 Å². The van der Waals surface area contributed by atoms with Gasteiger partial charge in [-0.15, -0.1) is 0 Å². The molecule has 0 heterocycles. The fourth-order valence-corrected chi connectivity index (χ4v) is 1.26. The van der Waals surface area contributed by atoms with Crippen LogP contribution in [0.2, 0.25) is 0 Å². The van der Waals surface area contributed by atoms with Gasteiger partial charge in [-0.25, -0.2) is 0 Å². The van der Waals surface area contributed by atoms with Gasteiger partial charge in [0.2, 0.25) is 5.91 Å². The number of rotatable bonds is 7. The van der Waals surface area contributed by atoms with Gasteiger partial charge >= 0.3 is 0 Å². The van der Waals surface area contributed by atoms with Crippen molar-refractivity contribution in [2.24, 2.45) is 5.41 Å². The molecule has 17 heavy (non-hydrogen) atoms. The summed E-state index contributed by atoms with van der Waals surface area (Å²) in [4.78, 5) is 11.9. The highest BCUT2D eigenvalue weighted by atomic mass is 16.5. The fraction of sp³-hybridized carbons (Fsp3) is 0.929. The highest BCUT2D eigenvalue weighted by Crippen LogP contribution is 2.23. The molecule has 1 amide bonds. The lowest BCUT2D eigenvalue weighted by Gasteiger charge is -2.28. The molecule has 0 bridgehead atoms. The Balaban J connectivity index is 4.14. The van der Waals surface area contributed by atoms with E-state index in [0.29, 0.717) is 6.61 Å². The molecule has 0 aromatic rings. The first kappa shape index (κ1) is 16.4. The van der Waals surface area contributed by atoms with Gasteiger partial charge in [0.05, 0.1) is 5.60 Å². The molecule has 0 fully saturated rings. The summed E-state index contributed by atoms with van der Waals surface area (Å²) in [5.74, 6) is 0.102. The van der Waals surface area contributed by atoms with E-state index in [1.54, 1.807) is 0 Å². The van der Waals surface area contributed by atoms with Crippen molar-refractivity contribution in [1.29, 1.82) is 0 Å². The Kier molecular flexibility index (Phi) is 6.17. The van der Waals surface area contributed by atoms with Gasteiger partial charge in [0.1, 0.15) is 0 Å². The number of amides is 1. The van der Waals surface area contributed by atoms with Gasteiger partial charge in [0.15, 0.2) is 0 Å². The summed E-state index contributed by atoms with van der Waals surface area (Å²) in [5.41, 5.74) is -0.460. The zero-order valence-electron chi connectivity index (χ0n) is 12.5. The van der Waals surface area contributed by atoms with Crippen molar-refractivity contribution < 1.29 is 9.53 Å². The zero-order valence-corrected chi connectivity index (χ0v) is 12.5. The lowest BCUT2D eigenvalue weighted by molar-refractivity contribution is -0.131. The first-order valence-electron chi connectivity index (χ1n) is 6.55. The maximum atomic E-state index is 11.9. The van der Waals surface area contributed by atoms with Crippen LogP contribution in [0.3, 0.4) is 0 Å². The second kappa shape index (κ2) is 6.39. The summed E-state index contributed by atoms with van der Waals surface area (Å²) in [6, 6.07) is 0.190. The number of carbonyl (C=O) groups is 1. The van der Waals surface area contributed by atoms with E-state index in [1.165, 1.54) is 0 Å². The molecule has 0 aromatic carbocycles. The summed E-state index contributed by atoms with van der Waals surface area (Å²) in [6.07, 6.45) is 1.72. The highest BCUT2D eigenvalue weighted by Gasteiger charge is 2.28. The molecule has 0 aliphatic carbocycles. The minimum absolute atomic E-state index is 0.0927. The van der Waals surface area contributed by atoms with Gasteiger partial charge in [-0.3, -0.25) is 4.79 Å². The second-order valence-electron chi connectivity index (χ2n) is 6.22. The third-order valence-corrected chi connectivity index (χ3v) is 3.11. The number of nitrogens with one attached hydrogen (secondary N) is 1. The third-order valence-electron chi connectivity index (χ3n) is 3.11. The van der Waals surface area contributed by atoms with E-state index in [4.69, 9.17) is 4.74 Å². The molecule has 0 unspecified atom stereocenters. The van der Waals surface area contributed by atoms with E-state index in [0.717, 1.165) is 12.8 Å². The van der Waals surface area contributed by atoms with Gasteiger partial charge in [0.25, 0.3) is 0 Å². The number of ether oxygens (including phenoxy) is 1. The minimum Gasteiger partial charge on any atom is -0.376 e. The van der Waals surface area contributed by atoms with Crippen molar-refractivity contribution >= 4 is 5.91 Å². The number of hydrogen-bond acceptors (Lipinski definition) is 2. The van der Waals surface area contributed by atoms with Crippen molar-refractivity contribution in [3.05, 3.63) is 0 Å². The molecule has 102 valence electrons. The minimum atomic E-state index is -0.367. The number of carbonyl (C=O) groups excluding carboxylic acids is 1. The van der Waals surface area contributed by atoms with E-state index in [2.05, 4.69) is 26.1 Å². The monoisotopic (exact) mass is 243 g/mol. The van der Waals surface area contributed by atoms with Gasteiger partial charge in [-0.1, -0.05) is 20.8 Å². The van der Waals surface area contributed by atoms with E-state index in [1.807, 2.05) is 27.7 Å². The summed E-state index contributed by atoms with van der Waals surface area (Å²) in [6.45, 7) is 14.8. The standard InChI is InChI=1S/C14H29NO2/c1-8-14(6,7)17-10-9-13(4,5)12(16)15-11(2)3/h11H,8-10H2,1-7H3,(H,15,16). The Bertz CT molecular complexity index is 245. The molecule has 0 spiro atoms. The van der Waals surface area contributed by atoms with E-state index in [9.17, 15) is 4.79 Å². The van der Waals surface area contributed by atoms with Gasteiger partial charge in [-0.05, 0) is 40.5 Å². The van der Waals surface area contributed by atoms with Crippen molar-refractivity contribution in [1.82, 2.24) is 5.32 Å². The molecular formula is C14H29NO2. The molecule has 0 saturated carbocycles. The second-order valence-corrected chi connectivity index (χ2v) is 6.22. The van der Waals surface area contributed by atoms with Gasteiger partial charge < -0.3 is 10.1 Å². The lowest BCUT2D eigenvalue weighted by Crippen LogP contribution is -2.41. The van der Waals surface area contributed by atoms with Gasteiger partial charge in [0, 0.05) is 18.1 Å². The van der Waals surface area contributed by atoms with Crippen molar-refractivity contribution in [2.75, 3.05) is 6.61 Å². The quantitative estimate of drug-likeness (QED) is 0.746. The van der Waals surface area contributed by atoms with Crippen LogP contribution in [0.15, 0.2) is 0 Å². The molecule has 0 aliphatic rings. The maximum absolute atomic E-state index is 11.9. The van der Waals surface area contributed by atoms with Crippen LogP contribution in [-0.2, 0) is 9.53 Å². The molecule has 0 aliphatic heterocycles. The van der Waals surface area contributed by atoms with E-state index in [-0.39, 0.29) is 23.0 Å².